The van der Waals surface area contributed by atoms with Crippen LogP contribution in [0.5, 0.6) is 0 Å². The summed E-state index contributed by atoms with van der Waals surface area (Å²) in [5, 5.41) is 6.15. The van der Waals surface area contributed by atoms with E-state index in [1.54, 1.807) is 12.4 Å². The minimum Gasteiger partial charge on any atom is -0.384 e. The van der Waals surface area contributed by atoms with Crippen molar-refractivity contribution in [3.63, 3.8) is 0 Å². The van der Waals surface area contributed by atoms with E-state index in [1.165, 1.54) is 6.07 Å². The van der Waals surface area contributed by atoms with Crippen LogP contribution in [0, 0.1) is 11.6 Å². The van der Waals surface area contributed by atoms with Gasteiger partial charge in [0.15, 0.2) is 0 Å². The molecule has 3 nitrogen and oxygen atoms in total. The second-order valence-corrected chi connectivity index (χ2v) is 4.08. The molecule has 1 aromatic carbocycles. The lowest BCUT2D eigenvalue weighted by atomic mass is 10.2. The maximum Gasteiger partial charge on any atom is 0.128 e. The molecule has 0 aliphatic heterocycles. The van der Waals surface area contributed by atoms with Crippen molar-refractivity contribution in [1.82, 2.24) is 4.98 Å². The Kier molecular flexibility index (Phi) is 4.28. The summed E-state index contributed by atoms with van der Waals surface area (Å²) < 4.78 is 26.5. The first kappa shape index (κ1) is 13.3. The van der Waals surface area contributed by atoms with E-state index < -0.39 is 11.6 Å². The Morgan fingerprint density at radius 1 is 1.05 bits per heavy atom. The van der Waals surface area contributed by atoms with Gasteiger partial charge in [0.05, 0.1) is 23.8 Å². The Morgan fingerprint density at radius 2 is 1.79 bits per heavy atom. The van der Waals surface area contributed by atoms with E-state index in [0.717, 1.165) is 30.1 Å². The molecule has 5 heteroatoms. The maximum atomic E-state index is 13.4. The van der Waals surface area contributed by atoms with Crippen molar-refractivity contribution >= 4 is 11.4 Å². The van der Waals surface area contributed by atoms with E-state index in [1.807, 2.05) is 13.0 Å². The van der Waals surface area contributed by atoms with Crippen molar-refractivity contribution in [1.29, 1.82) is 0 Å². The fourth-order valence-electron chi connectivity index (χ4n) is 1.71. The highest BCUT2D eigenvalue weighted by atomic mass is 19.1. The van der Waals surface area contributed by atoms with Gasteiger partial charge in [-0.1, -0.05) is 0 Å². The van der Waals surface area contributed by atoms with Crippen molar-refractivity contribution < 1.29 is 8.78 Å². The Hall–Kier alpha value is -2.17. The van der Waals surface area contributed by atoms with Crippen LogP contribution in [0.2, 0.25) is 0 Å². The summed E-state index contributed by atoms with van der Waals surface area (Å²) in [6, 6.07) is 5.28. The van der Waals surface area contributed by atoms with Gasteiger partial charge < -0.3 is 10.6 Å². The molecule has 0 unspecified atom stereocenters. The Labute approximate surface area is 110 Å². The normalized spacial score (nSPS) is 10.3. The molecule has 0 aliphatic rings. The van der Waals surface area contributed by atoms with Gasteiger partial charge in [-0.2, -0.15) is 0 Å². The predicted molar refractivity (Wildman–Crippen MR) is 72.1 cm³/mol. The van der Waals surface area contributed by atoms with E-state index in [0.29, 0.717) is 0 Å². The molecule has 0 bridgehead atoms. The number of benzene rings is 1. The highest BCUT2D eigenvalue weighted by Gasteiger charge is 2.04. The van der Waals surface area contributed by atoms with Crippen LogP contribution in [0.25, 0.3) is 0 Å². The van der Waals surface area contributed by atoms with Crippen LogP contribution in [-0.2, 0) is 6.54 Å². The zero-order valence-electron chi connectivity index (χ0n) is 10.6. The smallest absolute Gasteiger partial charge is 0.128 e. The number of aromatic nitrogens is 1. The number of anilines is 2. The number of nitrogens with one attached hydrogen (secondary N) is 2. The Balaban J connectivity index is 2.05. The molecular weight excluding hydrogens is 248 g/mol. The summed E-state index contributed by atoms with van der Waals surface area (Å²) in [6.45, 7) is 2.99. The average Bonchev–Trinajstić information content (AvgIpc) is 2.41. The lowest BCUT2D eigenvalue weighted by Crippen LogP contribution is -2.04. The van der Waals surface area contributed by atoms with Gasteiger partial charge in [0.25, 0.3) is 0 Å². The quantitative estimate of drug-likeness (QED) is 0.868. The molecule has 2 aromatic rings. The molecule has 1 heterocycles. The summed E-state index contributed by atoms with van der Waals surface area (Å²) in [6.07, 6.45) is 3.34. The molecule has 0 saturated heterocycles. The molecule has 0 atom stereocenters. The van der Waals surface area contributed by atoms with Gasteiger partial charge in [-0.3, -0.25) is 4.98 Å². The maximum absolute atomic E-state index is 13.4. The largest absolute Gasteiger partial charge is 0.384 e. The molecule has 100 valence electrons. The number of nitrogens with zero attached hydrogens (tertiary/aromatic N) is 1. The molecule has 0 aliphatic carbocycles. The monoisotopic (exact) mass is 263 g/mol. The number of rotatable bonds is 5. The molecule has 0 radical (unpaired) electrons. The minimum atomic E-state index is -0.447. The summed E-state index contributed by atoms with van der Waals surface area (Å²) in [7, 11) is 0. The molecule has 0 fully saturated rings. The highest BCUT2D eigenvalue weighted by molar-refractivity contribution is 5.54. The molecular formula is C14H15F2N3. The second-order valence-electron chi connectivity index (χ2n) is 4.08. The molecule has 0 saturated carbocycles. The number of hydrogen-bond acceptors (Lipinski definition) is 3. The highest BCUT2D eigenvalue weighted by Crippen LogP contribution is 2.15. The van der Waals surface area contributed by atoms with Gasteiger partial charge in [0.2, 0.25) is 0 Å². The topological polar surface area (TPSA) is 37.0 Å². The van der Waals surface area contributed by atoms with Gasteiger partial charge in [0.1, 0.15) is 11.6 Å². The Morgan fingerprint density at radius 3 is 2.53 bits per heavy atom. The second kappa shape index (κ2) is 6.13. The average molecular weight is 263 g/mol. The Bertz CT molecular complexity index is 558. The van der Waals surface area contributed by atoms with Gasteiger partial charge in [-0.15, -0.1) is 0 Å². The van der Waals surface area contributed by atoms with Crippen LogP contribution in [0.4, 0.5) is 20.2 Å². The van der Waals surface area contributed by atoms with Crippen LogP contribution in [-0.4, -0.2) is 11.5 Å². The zero-order valence-corrected chi connectivity index (χ0v) is 10.6. The van der Waals surface area contributed by atoms with Crippen LogP contribution in [0.1, 0.15) is 12.5 Å². The van der Waals surface area contributed by atoms with Crippen molar-refractivity contribution in [3.05, 3.63) is 53.9 Å². The van der Waals surface area contributed by atoms with Crippen LogP contribution in [0.15, 0.2) is 36.7 Å². The summed E-state index contributed by atoms with van der Waals surface area (Å²) in [4.78, 5) is 4.06. The molecule has 0 spiro atoms. The first-order chi connectivity index (χ1) is 9.19. The third-order valence-electron chi connectivity index (χ3n) is 2.61. The number of hydrogen-bond donors (Lipinski definition) is 2. The summed E-state index contributed by atoms with van der Waals surface area (Å²) in [5.41, 5.74) is 1.92. The molecule has 1 aromatic heterocycles. The van der Waals surface area contributed by atoms with Gasteiger partial charge in [0, 0.05) is 18.7 Å². The first-order valence-corrected chi connectivity index (χ1v) is 6.05. The van der Waals surface area contributed by atoms with E-state index in [-0.39, 0.29) is 12.1 Å². The van der Waals surface area contributed by atoms with Crippen LogP contribution in [0.3, 0.4) is 0 Å². The predicted octanol–water partition coefficient (Wildman–Crippen LogP) is 3.40. The first-order valence-electron chi connectivity index (χ1n) is 6.05. The molecule has 2 N–H and O–H groups in total. The van der Waals surface area contributed by atoms with Crippen LogP contribution >= 0.6 is 0 Å². The standard InChI is InChI=1S/C14H15F2N3/c1-2-18-12-6-13(9-17-8-12)19-7-10-5-11(15)3-4-14(10)16/h3-6,8-9,18-19H,2,7H2,1H3. The van der Waals surface area contributed by atoms with Gasteiger partial charge in [-0.05, 0) is 31.2 Å². The zero-order chi connectivity index (χ0) is 13.7. The van der Waals surface area contributed by atoms with Crippen molar-refractivity contribution in [2.75, 3.05) is 17.2 Å². The SMILES string of the molecule is CCNc1cncc(NCc2cc(F)ccc2F)c1. The fourth-order valence-corrected chi connectivity index (χ4v) is 1.71. The van der Waals surface area contributed by atoms with Crippen LogP contribution < -0.4 is 10.6 Å². The van der Waals surface area contributed by atoms with E-state index >= 15 is 0 Å². The third-order valence-corrected chi connectivity index (χ3v) is 2.61. The van der Waals surface area contributed by atoms with E-state index in [9.17, 15) is 8.78 Å². The molecule has 2 rings (SSSR count). The minimum absolute atomic E-state index is 0.209. The lowest BCUT2D eigenvalue weighted by molar-refractivity contribution is 0.587. The summed E-state index contributed by atoms with van der Waals surface area (Å²) in [5.74, 6) is -0.873. The number of halogens is 2. The molecule has 19 heavy (non-hydrogen) atoms. The van der Waals surface area contributed by atoms with E-state index in [4.69, 9.17) is 0 Å². The number of pyridine rings is 1. The molecule has 0 amide bonds. The van der Waals surface area contributed by atoms with Crippen molar-refractivity contribution in [2.45, 2.75) is 13.5 Å². The summed E-state index contributed by atoms with van der Waals surface area (Å²) >= 11 is 0. The van der Waals surface area contributed by atoms with Crippen molar-refractivity contribution in [2.24, 2.45) is 0 Å². The fraction of sp³-hybridized carbons (Fsp3) is 0.214. The van der Waals surface area contributed by atoms with Gasteiger partial charge in [-0.25, -0.2) is 8.78 Å². The van der Waals surface area contributed by atoms with E-state index in [2.05, 4.69) is 15.6 Å². The van der Waals surface area contributed by atoms with Crippen molar-refractivity contribution in [3.8, 4) is 0 Å². The lowest BCUT2D eigenvalue weighted by Gasteiger charge is -2.09. The van der Waals surface area contributed by atoms with Gasteiger partial charge >= 0.3 is 0 Å². The third kappa shape index (κ3) is 3.64.